The van der Waals surface area contributed by atoms with Crippen LogP contribution in [0.4, 0.5) is 0 Å². The molecular formula is C15H16N2O2. The van der Waals surface area contributed by atoms with E-state index in [-0.39, 0.29) is 0 Å². The van der Waals surface area contributed by atoms with Crippen LogP contribution in [0.1, 0.15) is 5.69 Å². The van der Waals surface area contributed by atoms with Crippen LogP contribution in [0, 0.1) is 0 Å². The van der Waals surface area contributed by atoms with Crippen molar-refractivity contribution in [2.75, 3.05) is 21.2 Å². The Kier molecular flexibility index (Phi) is 3.80. The quantitative estimate of drug-likeness (QED) is 0.624. The maximum atomic E-state index is 11.8. The first-order valence-corrected chi connectivity index (χ1v) is 5.94. The summed E-state index contributed by atoms with van der Waals surface area (Å²) in [4.78, 5) is 18.1. The van der Waals surface area contributed by atoms with Gasteiger partial charge in [0.2, 0.25) is 0 Å². The number of para-hydroxylation sites is 1. The molecule has 0 amide bonds. The van der Waals surface area contributed by atoms with Crippen LogP contribution >= 0.6 is 0 Å². The van der Waals surface area contributed by atoms with Crippen molar-refractivity contribution in [3.63, 3.8) is 0 Å². The molecule has 1 aromatic carbocycles. The van der Waals surface area contributed by atoms with Crippen molar-refractivity contribution in [3.8, 4) is 0 Å². The highest BCUT2D eigenvalue weighted by molar-refractivity contribution is 6.16. The molecule has 0 atom stereocenters. The molecule has 2 aromatic rings. The first-order chi connectivity index (χ1) is 9.11. The lowest BCUT2D eigenvalue weighted by Crippen LogP contribution is -2.11. The Balaban J connectivity index is 2.53. The van der Waals surface area contributed by atoms with E-state index < -0.39 is 5.97 Å². The summed E-state index contributed by atoms with van der Waals surface area (Å²) < 4.78 is 4.81. The van der Waals surface area contributed by atoms with Crippen LogP contribution in [-0.2, 0) is 9.53 Å². The lowest BCUT2D eigenvalue weighted by molar-refractivity contribution is -0.133. The Morgan fingerprint density at radius 2 is 1.95 bits per heavy atom. The predicted octanol–water partition coefficient (Wildman–Crippen LogP) is 2.31. The molecule has 98 valence electrons. The molecule has 2 rings (SSSR count). The Morgan fingerprint density at radius 3 is 2.63 bits per heavy atom. The molecule has 1 heterocycles. The molecule has 4 nitrogen and oxygen atoms in total. The monoisotopic (exact) mass is 256 g/mol. The third-order valence-electron chi connectivity index (χ3n) is 2.67. The number of esters is 1. The highest BCUT2D eigenvalue weighted by Gasteiger charge is 2.14. The van der Waals surface area contributed by atoms with E-state index in [1.54, 1.807) is 11.1 Å². The molecule has 0 bridgehead atoms. The van der Waals surface area contributed by atoms with Gasteiger partial charge in [-0.05, 0) is 12.1 Å². The number of ether oxygens (including phenoxy) is 1. The first-order valence-electron chi connectivity index (χ1n) is 5.94. The summed E-state index contributed by atoms with van der Waals surface area (Å²) in [5.41, 5.74) is 1.91. The second-order valence-corrected chi connectivity index (χ2v) is 4.39. The summed E-state index contributed by atoms with van der Waals surface area (Å²) in [6.45, 7) is 0. The molecule has 0 unspecified atom stereocenters. The third kappa shape index (κ3) is 2.91. The van der Waals surface area contributed by atoms with Crippen molar-refractivity contribution >= 4 is 22.4 Å². The van der Waals surface area contributed by atoms with Gasteiger partial charge in [-0.15, -0.1) is 0 Å². The van der Waals surface area contributed by atoms with Crippen LogP contribution in [0.3, 0.4) is 0 Å². The van der Waals surface area contributed by atoms with E-state index in [4.69, 9.17) is 4.74 Å². The molecule has 0 radical (unpaired) electrons. The van der Waals surface area contributed by atoms with Gasteiger partial charge in [0.15, 0.2) is 0 Å². The van der Waals surface area contributed by atoms with Gasteiger partial charge in [0.25, 0.3) is 0 Å². The van der Waals surface area contributed by atoms with Gasteiger partial charge in [-0.3, -0.25) is 0 Å². The Morgan fingerprint density at radius 1 is 1.21 bits per heavy atom. The van der Waals surface area contributed by atoms with Crippen LogP contribution in [-0.4, -0.2) is 37.1 Å². The van der Waals surface area contributed by atoms with Crippen molar-refractivity contribution in [3.05, 3.63) is 48.3 Å². The van der Waals surface area contributed by atoms with Gasteiger partial charge >= 0.3 is 5.97 Å². The number of rotatable bonds is 3. The van der Waals surface area contributed by atoms with Gasteiger partial charge in [0, 0.05) is 25.7 Å². The average Bonchev–Trinajstić information content (AvgIpc) is 2.43. The highest BCUT2D eigenvalue weighted by Crippen LogP contribution is 2.18. The van der Waals surface area contributed by atoms with E-state index >= 15 is 0 Å². The lowest BCUT2D eigenvalue weighted by atomic mass is 10.1. The second kappa shape index (κ2) is 5.52. The molecule has 0 aliphatic rings. The van der Waals surface area contributed by atoms with Gasteiger partial charge in [0.1, 0.15) is 5.57 Å². The van der Waals surface area contributed by atoms with Crippen LogP contribution in [0.25, 0.3) is 16.5 Å². The van der Waals surface area contributed by atoms with E-state index in [1.807, 2.05) is 50.5 Å². The molecule has 0 aliphatic heterocycles. The summed E-state index contributed by atoms with van der Waals surface area (Å²) in [6, 6.07) is 11.6. The number of fused-ring (bicyclic) bond motifs is 1. The van der Waals surface area contributed by atoms with E-state index in [2.05, 4.69) is 4.98 Å². The average molecular weight is 256 g/mol. The Bertz CT molecular complexity index is 633. The molecule has 0 fully saturated rings. The summed E-state index contributed by atoms with van der Waals surface area (Å²) in [6.07, 6.45) is 1.71. The van der Waals surface area contributed by atoms with Crippen LogP contribution in [0.5, 0.6) is 0 Å². The number of aromatic nitrogens is 1. The first kappa shape index (κ1) is 13.1. The minimum absolute atomic E-state index is 0.392. The molecule has 0 N–H and O–H groups in total. The maximum absolute atomic E-state index is 11.8. The van der Waals surface area contributed by atoms with Crippen LogP contribution in [0.2, 0.25) is 0 Å². The summed E-state index contributed by atoms with van der Waals surface area (Å²) in [7, 11) is 5.07. The number of carbonyl (C=O) groups is 1. The van der Waals surface area contributed by atoms with E-state index in [9.17, 15) is 4.79 Å². The predicted molar refractivity (Wildman–Crippen MR) is 75.4 cm³/mol. The van der Waals surface area contributed by atoms with Crippen molar-refractivity contribution in [1.29, 1.82) is 0 Å². The summed E-state index contributed by atoms with van der Waals surface area (Å²) in [5.74, 6) is -0.392. The fourth-order valence-corrected chi connectivity index (χ4v) is 1.81. The van der Waals surface area contributed by atoms with Crippen molar-refractivity contribution in [2.24, 2.45) is 0 Å². The normalized spacial score (nSPS) is 11.4. The molecule has 0 aliphatic carbocycles. The second-order valence-electron chi connectivity index (χ2n) is 4.39. The molecule has 19 heavy (non-hydrogen) atoms. The lowest BCUT2D eigenvalue weighted by Gasteiger charge is -2.10. The van der Waals surface area contributed by atoms with Gasteiger partial charge in [-0.2, -0.15) is 0 Å². The molecular weight excluding hydrogens is 240 g/mol. The molecule has 4 heteroatoms. The number of pyridine rings is 1. The summed E-state index contributed by atoms with van der Waals surface area (Å²) >= 11 is 0. The standard InChI is InChI=1S/C15H16N2O2/c1-17(2)10-12(15(18)19-3)14-9-8-11-6-4-5-7-13(11)16-14/h4-10H,1-3H3/b12-10-. The SMILES string of the molecule is COC(=O)/C(=C\N(C)C)c1ccc2ccccc2n1. The number of benzene rings is 1. The van der Waals surface area contributed by atoms with E-state index in [0.29, 0.717) is 11.3 Å². The molecule has 0 saturated carbocycles. The number of nitrogens with zero attached hydrogens (tertiary/aromatic N) is 2. The van der Waals surface area contributed by atoms with E-state index in [1.165, 1.54) is 7.11 Å². The fraction of sp³-hybridized carbons (Fsp3) is 0.200. The van der Waals surface area contributed by atoms with Gasteiger partial charge < -0.3 is 9.64 Å². The molecule has 1 aromatic heterocycles. The van der Waals surface area contributed by atoms with Gasteiger partial charge in [-0.1, -0.05) is 24.3 Å². The minimum atomic E-state index is -0.392. The Labute approximate surface area is 112 Å². The Hall–Kier alpha value is -2.36. The largest absolute Gasteiger partial charge is 0.465 e. The zero-order chi connectivity index (χ0) is 13.8. The summed E-state index contributed by atoms with van der Waals surface area (Å²) in [5, 5.41) is 1.04. The van der Waals surface area contributed by atoms with Crippen LogP contribution in [0.15, 0.2) is 42.6 Å². The van der Waals surface area contributed by atoms with E-state index in [0.717, 1.165) is 10.9 Å². The van der Waals surface area contributed by atoms with Crippen LogP contribution < -0.4 is 0 Å². The maximum Gasteiger partial charge on any atom is 0.341 e. The highest BCUT2D eigenvalue weighted by atomic mass is 16.5. The molecule has 0 saturated heterocycles. The minimum Gasteiger partial charge on any atom is -0.465 e. The van der Waals surface area contributed by atoms with Crippen molar-refractivity contribution in [1.82, 2.24) is 9.88 Å². The third-order valence-corrected chi connectivity index (χ3v) is 2.67. The van der Waals surface area contributed by atoms with Gasteiger partial charge in [0.05, 0.1) is 18.3 Å². The van der Waals surface area contributed by atoms with Gasteiger partial charge in [-0.25, -0.2) is 9.78 Å². The van der Waals surface area contributed by atoms with Crippen molar-refractivity contribution < 1.29 is 9.53 Å². The molecule has 0 spiro atoms. The topological polar surface area (TPSA) is 42.4 Å². The van der Waals surface area contributed by atoms with Crippen molar-refractivity contribution in [2.45, 2.75) is 0 Å². The number of hydrogen-bond donors (Lipinski definition) is 0. The zero-order valence-corrected chi connectivity index (χ0v) is 11.3. The smallest absolute Gasteiger partial charge is 0.341 e. The number of carbonyl (C=O) groups excluding carboxylic acids is 1. The zero-order valence-electron chi connectivity index (χ0n) is 11.3. The fourth-order valence-electron chi connectivity index (χ4n) is 1.81. The number of methoxy groups -OCH3 is 1. The number of hydrogen-bond acceptors (Lipinski definition) is 4.